The van der Waals surface area contributed by atoms with E-state index in [4.69, 9.17) is 4.74 Å². The Morgan fingerprint density at radius 2 is 1.85 bits per heavy atom. The minimum Gasteiger partial charge on any atom is -0.379 e. The summed E-state index contributed by atoms with van der Waals surface area (Å²) in [5, 5.41) is 2.92. The van der Waals surface area contributed by atoms with E-state index in [1.165, 1.54) is 6.33 Å². The van der Waals surface area contributed by atoms with E-state index >= 15 is 0 Å². The Hall–Kier alpha value is -2.26. The Kier molecular flexibility index (Phi) is 6.35. The molecular weight excluding hydrogens is 336 g/mol. The first-order valence-electron chi connectivity index (χ1n) is 9.04. The Labute approximate surface area is 153 Å². The topological polar surface area (TPSA) is 90.9 Å². The summed E-state index contributed by atoms with van der Waals surface area (Å²) in [6.45, 7) is 9.01. The van der Waals surface area contributed by atoms with Crippen LogP contribution in [-0.2, 0) is 9.53 Å². The highest BCUT2D eigenvalue weighted by atomic mass is 16.5. The zero-order valence-electron chi connectivity index (χ0n) is 15.2. The van der Waals surface area contributed by atoms with Crippen molar-refractivity contribution in [2.45, 2.75) is 6.92 Å². The molecule has 0 saturated carbocycles. The van der Waals surface area contributed by atoms with Gasteiger partial charge in [-0.1, -0.05) is 0 Å². The highest BCUT2D eigenvalue weighted by Gasteiger charge is 2.20. The number of nitrogens with one attached hydrogen (secondary N) is 1. The van der Waals surface area contributed by atoms with Crippen molar-refractivity contribution in [3.05, 3.63) is 18.1 Å². The minimum absolute atomic E-state index is 0.0904. The van der Waals surface area contributed by atoms with E-state index in [9.17, 15) is 9.59 Å². The lowest BCUT2D eigenvalue weighted by molar-refractivity contribution is -0.129. The molecule has 3 heterocycles. The van der Waals surface area contributed by atoms with Gasteiger partial charge in [0.25, 0.3) is 5.91 Å². The zero-order valence-corrected chi connectivity index (χ0v) is 15.2. The first kappa shape index (κ1) is 18.5. The van der Waals surface area contributed by atoms with E-state index in [1.54, 1.807) is 13.0 Å². The summed E-state index contributed by atoms with van der Waals surface area (Å²) < 4.78 is 5.31. The monoisotopic (exact) mass is 362 g/mol. The molecule has 0 aliphatic carbocycles. The number of hydrogen-bond acceptors (Lipinski definition) is 7. The van der Waals surface area contributed by atoms with E-state index in [0.29, 0.717) is 38.4 Å². The summed E-state index contributed by atoms with van der Waals surface area (Å²) in [5.41, 5.74) is 0.367. The molecule has 0 radical (unpaired) electrons. The molecule has 2 saturated heterocycles. The van der Waals surface area contributed by atoms with Crippen molar-refractivity contribution in [1.82, 2.24) is 25.1 Å². The third-order valence-corrected chi connectivity index (χ3v) is 4.75. The zero-order chi connectivity index (χ0) is 18.4. The van der Waals surface area contributed by atoms with Crippen molar-refractivity contribution in [2.24, 2.45) is 0 Å². The third-order valence-electron chi connectivity index (χ3n) is 4.75. The lowest BCUT2D eigenvalue weighted by Crippen LogP contribution is -2.48. The van der Waals surface area contributed by atoms with Gasteiger partial charge in [-0.05, 0) is 0 Å². The Morgan fingerprint density at radius 3 is 2.54 bits per heavy atom. The Bertz CT molecular complexity index is 627. The summed E-state index contributed by atoms with van der Waals surface area (Å²) in [5.74, 6) is 0.624. The standard InChI is InChI=1S/C17H26N6O3/c1-14(24)22-4-6-23(7-5-22)16-12-15(19-13-20-16)17(25)18-2-3-21-8-10-26-11-9-21/h12-13H,2-11H2,1H3,(H,18,25). The molecule has 2 fully saturated rings. The molecule has 0 bridgehead atoms. The molecule has 2 amide bonds. The quantitative estimate of drug-likeness (QED) is 0.734. The number of ether oxygens (including phenoxy) is 1. The van der Waals surface area contributed by atoms with Crippen molar-refractivity contribution in [2.75, 3.05) is 70.5 Å². The van der Waals surface area contributed by atoms with Crippen LogP contribution in [0.2, 0.25) is 0 Å². The number of hydrogen-bond donors (Lipinski definition) is 1. The van der Waals surface area contributed by atoms with Gasteiger partial charge < -0.3 is 19.9 Å². The van der Waals surface area contributed by atoms with Crippen molar-refractivity contribution >= 4 is 17.6 Å². The van der Waals surface area contributed by atoms with Gasteiger partial charge in [0.1, 0.15) is 17.8 Å². The normalized spacial score (nSPS) is 18.7. The highest BCUT2D eigenvalue weighted by Crippen LogP contribution is 2.14. The number of aromatic nitrogens is 2. The Balaban J connectivity index is 1.50. The number of morpholine rings is 1. The molecule has 9 nitrogen and oxygen atoms in total. The van der Waals surface area contributed by atoms with Gasteiger partial charge in [0.2, 0.25) is 5.91 Å². The first-order valence-corrected chi connectivity index (χ1v) is 9.04. The molecule has 3 rings (SSSR count). The molecular formula is C17H26N6O3. The maximum Gasteiger partial charge on any atom is 0.270 e. The number of amides is 2. The molecule has 0 unspecified atom stereocenters. The van der Waals surface area contributed by atoms with Crippen LogP contribution in [0.15, 0.2) is 12.4 Å². The second kappa shape index (κ2) is 8.91. The van der Waals surface area contributed by atoms with Gasteiger partial charge in [-0.2, -0.15) is 0 Å². The lowest BCUT2D eigenvalue weighted by Gasteiger charge is -2.34. The number of carbonyl (C=O) groups excluding carboxylic acids is 2. The van der Waals surface area contributed by atoms with Gasteiger partial charge in [-0.3, -0.25) is 14.5 Å². The second-order valence-corrected chi connectivity index (χ2v) is 6.46. The SMILES string of the molecule is CC(=O)N1CCN(c2cc(C(=O)NCCN3CCOCC3)ncn2)CC1. The summed E-state index contributed by atoms with van der Waals surface area (Å²) in [7, 11) is 0. The van der Waals surface area contributed by atoms with Crippen LogP contribution in [0, 0.1) is 0 Å². The maximum atomic E-state index is 12.3. The second-order valence-electron chi connectivity index (χ2n) is 6.46. The predicted octanol–water partition coefficient (Wildman–Crippen LogP) is -0.793. The van der Waals surface area contributed by atoms with Gasteiger partial charge in [0.05, 0.1) is 13.2 Å². The van der Waals surface area contributed by atoms with Crippen LogP contribution in [0.4, 0.5) is 5.82 Å². The van der Waals surface area contributed by atoms with Gasteiger partial charge in [-0.15, -0.1) is 0 Å². The molecule has 0 spiro atoms. The van der Waals surface area contributed by atoms with E-state index in [-0.39, 0.29) is 11.8 Å². The van der Waals surface area contributed by atoms with Crippen molar-refractivity contribution < 1.29 is 14.3 Å². The first-order chi connectivity index (χ1) is 12.6. The molecule has 26 heavy (non-hydrogen) atoms. The smallest absolute Gasteiger partial charge is 0.270 e. The van der Waals surface area contributed by atoms with Gasteiger partial charge in [-0.25, -0.2) is 9.97 Å². The molecule has 1 N–H and O–H groups in total. The van der Waals surface area contributed by atoms with E-state index in [0.717, 1.165) is 38.7 Å². The summed E-state index contributed by atoms with van der Waals surface area (Å²) in [4.78, 5) is 38.3. The fourth-order valence-electron chi connectivity index (χ4n) is 3.14. The number of nitrogens with zero attached hydrogens (tertiary/aromatic N) is 5. The maximum absolute atomic E-state index is 12.3. The van der Waals surface area contributed by atoms with Crippen molar-refractivity contribution in [3.8, 4) is 0 Å². The predicted molar refractivity (Wildman–Crippen MR) is 96.1 cm³/mol. The fraction of sp³-hybridized carbons (Fsp3) is 0.647. The summed E-state index contributed by atoms with van der Waals surface area (Å²) >= 11 is 0. The number of rotatable bonds is 5. The minimum atomic E-state index is -0.190. The Morgan fingerprint density at radius 1 is 1.12 bits per heavy atom. The molecule has 9 heteroatoms. The van der Waals surface area contributed by atoms with Crippen molar-refractivity contribution in [3.63, 3.8) is 0 Å². The van der Waals surface area contributed by atoms with Gasteiger partial charge >= 0.3 is 0 Å². The van der Waals surface area contributed by atoms with Gasteiger partial charge in [0, 0.05) is 65.3 Å². The van der Waals surface area contributed by atoms with E-state index < -0.39 is 0 Å². The lowest BCUT2D eigenvalue weighted by atomic mass is 10.3. The molecule has 2 aliphatic heterocycles. The van der Waals surface area contributed by atoms with Crippen LogP contribution in [0.1, 0.15) is 17.4 Å². The van der Waals surface area contributed by atoms with Crippen LogP contribution in [-0.4, -0.2) is 97.2 Å². The third kappa shape index (κ3) is 4.89. The van der Waals surface area contributed by atoms with Crippen LogP contribution >= 0.6 is 0 Å². The number of carbonyl (C=O) groups is 2. The average molecular weight is 362 g/mol. The van der Waals surface area contributed by atoms with Crippen LogP contribution < -0.4 is 10.2 Å². The number of anilines is 1. The van der Waals surface area contributed by atoms with Crippen LogP contribution in [0.3, 0.4) is 0 Å². The summed E-state index contributed by atoms with van der Waals surface area (Å²) in [6, 6.07) is 1.72. The van der Waals surface area contributed by atoms with Crippen LogP contribution in [0.25, 0.3) is 0 Å². The average Bonchev–Trinajstić information content (AvgIpc) is 2.69. The summed E-state index contributed by atoms with van der Waals surface area (Å²) in [6.07, 6.45) is 1.42. The number of piperazine rings is 1. The highest BCUT2D eigenvalue weighted by molar-refractivity contribution is 5.92. The molecule has 142 valence electrons. The largest absolute Gasteiger partial charge is 0.379 e. The van der Waals surface area contributed by atoms with E-state index in [1.807, 2.05) is 4.90 Å². The fourth-order valence-corrected chi connectivity index (χ4v) is 3.14. The molecule has 2 aliphatic rings. The van der Waals surface area contributed by atoms with E-state index in [2.05, 4.69) is 25.1 Å². The van der Waals surface area contributed by atoms with Gasteiger partial charge in [0.15, 0.2) is 0 Å². The molecule has 1 aromatic rings. The molecule has 1 aromatic heterocycles. The molecule has 0 aromatic carbocycles. The van der Waals surface area contributed by atoms with Crippen molar-refractivity contribution in [1.29, 1.82) is 0 Å². The molecule has 0 atom stereocenters. The van der Waals surface area contributed by atoms with Crippen LogP contribution in [0.5, 0.6) is 0 Å².